The zero-order valence-electron chi connectivity index (χ0n) is 17.2. The molecule has 4 rings (SSSR count). The molecule has 1 aliphatic rings. The number of benzene rings is 1. The highest BCUT2D eigenvalue weighted by molar-refractivity contribution is 5.75. The number of aromatic nitrogens is 3. The standard InChI is InChI=1S/C23H16N8O2/c24-12-16-2-4-17(5-3-16)21-18(13-25)14-28-22(30-21)26-11-9-23(8-1-10-29-23)20-7-6-19(15-27-20)31(32)33/h1-8,10,14-15H,9,11H2,(H,26,28,30). The first-order chi connectivity index (χ1) is 16.0. The lowest BCUT2D eigenvalue weighted by atomic mass is 9.92. The molecule has 1 aromatic carbocycles. The van der Waals surface area contributed by atoms with E-state index in [0.717, 1.165) is 0 Å². The molecule has 1 aliphatic heterocycles. The molecule has 1 N–H and O–H groups in total. The second-order valence-corrected chi connectivity index (χ2v) is 7.15. The number of nitrogens with zero attached hydrogens (tertiary/aromatic N) is 7. The van der Waals surface area contributed by atoms with E-state index < -0.39 is 10.5 Å². The largest absolute Gasteiger partial charge is 0.354 e. The van der Waals surface area contributed by atoms with Crippen LogP contribution in [0, 0.1) is 32.8 Å². The second kappa shape index (κ2) is 9.04. The number of hydrogen-bond donors (Lipinski definition) is 1. The summed E-state index contributed by atoms with van der Waals surface area (Å²) in [7, 11) is 0. The Balaban J connectivity index is 1.52. The van der Waals surface area contributed by atoms with Crippen molar-refractivity contribution >= 4 is 17.9 Å². The van der Waals surface area contributed by atoms with Crippen LogP contribution < -0.4 is 5.32 Å². The fourth-order valence-corrected chi connectivity index (χ4v) is 3.44. The van der Waals surface area contributed by atoms with E-state index in [1.54, 1.807) is 36.5 Å². The third kappa shape index (κ3) is 4.40. The molecule has 0 amide bonds. The van der Waals surface area contributed by atoms with Crippen LogP contribution in [0.1, 0.15) is 23.2 Å². The summed E-state index contributed by atoms with van der Waals surface area (Å²) in [5.41, 5.74) is 1.76. The van der Waals surface area contributed by atoms with E-state index in [2.05, 4.69) is 37.4 Å². The number of nitriles is 2. The first-order valence-corrected chi connectivity index (χ1v) is 9.90. The zero-order valence-corrected chi connectivity index (χ0v) is 17.2. The number of pyridine rings is 1. The summed E-state index contributed by atoms with van der Waals surface area (Å²) in [4.78, 5) is 27.9. The van der Waals surface area contributed by atoms with Crippen molar-refractivity contribution in [3.05, 3.63) is 87.9 Å². The van der Waals surface area contributed by atoms with Gasteiger partial charge in [0.1, 0.15) is 17.8 Å². The molecule has 2 aromatic heterocycles. The molecule has 0 fully saturated rings. The Hall–Kier alpha value is -4.96. The van der Waals surface area contributed by atoms with Crippen LogP contribution >= 0.6 is 0 Å². The summed E-state index contributed by atoms with van der Waals surface area (Å²) >= 11 is 0. The zero-order chi connectivity index (χ0) is 23.3. The van der Waals surface area contributed by atoms with Gasteiger partial charge in [-0.2, -0.15) is 10.5 Å². The van der Waals surface area contributed by atoms with Crippen LogP contribution in [0.5, 0.6) is 0 Å². The summed E-state index contributed by atoms with van der Waals surface area (Å²) < 4.78 is 0. The third-order valence-corrected chi connectivity index (χ3v) is 5.15. The summed E-state index contributed by atoms with van der Waals surface area (Å²) in [6.45, 7) is 0.430. The molecule has 0 saturated carbocycles. The fourth-order valence-electron chi connectivity index (χ4n) is 3.44. The predicted octanol–water partition coefficient (Wildman–Crippen LogP) is 3.53. The van der Waals surface area contributed by atoms with Crippen LogP contribution in [-0.4, -0.2) is 32.6 Å². The van der Waals surface area contributed by atoms with Gasteiger partial charge in [-0.15, -0.1) is 0 Å². The van der Waals surface area contributed by atoms with E-state index in [1.165, 1.54) is 18.5 Å². The lowest BCUT2D eigenvalue weighted by Gasteiger charge is -2.23. The minimum Gasteiger partial charge on any atom is -0.354 e. The lowest BCUT2D eigenvalue weighted by molar-refractivity contribution is -0.385. The van der Waals surface area contributed by atoms with Gasteiger partial charge in [0.25, 0.3) is 5.69 Å². The quantitative estimate of drug-likeness (QED) is 0.436. The Bertz CT molecular complexity index is 1320. The van der Waals surface area contributed by atoms with Crippen molar-refractivity contribution in [1.82, 2.24) is 15.0 Å². The summed E-state index contributed by atoms with van der Waals surface area (Å²) in [6.07, 6.45) is 8.55. The van der Waals surface area contributed by atoms with Gasteiger partial charge in [0, 0.05) is 24.4 Å². The lowest BCUT2D eigenvalue weighted by Crippen LogP contribution is -2.25. The van der Waals surface area contributed by atoms with Gasteiger partial charge in [-0.05, 0) is 36.8 Å². The van der Waals surface area contributed by atoms with Crippen molar-refractivity contribution in [2.45, 2.75) is 12.0 Å². The van der Waals surface area contributed by atoms with Gasteiger partial charge < -0.3 is 5.32 Å². The van der Waals surface area contributed by atoms with Crippen LogP contribution in [0.25, 0.3) is 11.3 Å². The third-order valence-electron chi connectivity index (χ3n) is 5.15. The fraction of sp³-hybridized carbons (Fsp3) is 0.130. The maximum absolute atomic E-state index is 10.9. The first-order valence-electron chi connectivity index (χ1n) is 9.90. The summed E-state index contributed by atoms with van der Waals surface area (Å²) in [5.74, 6) is 0.339. The molecule has 1 unspecified atom stereocenters. The van der Waals surface area contributed by atoms with Crippen LogP contribution in [0.4, 0.5) is 11.6 Å². The van der Waals surface area contributed by atoms with E-state index in [0.29, 0.717) is 47.0 Å². The van der Waals surface area contributed by atoms with Crippen molar-refractivity contribution in [2.75, 3.05) is 11.9 Å². The van der Waals surface area contributed by atoms with Gasteiger partial charge in [0.15, 0.2) is 0 Å². The van der Waals surface area contributed by atoms with Crippen molar-refractivity contribution in [3.8, 4) is 23.4 Å². The predicted molar refractivity (Wildman–Crippen MR) is 120 cm³/mol. The van der Waals surface area contributed by atoms with E-state index >= 15 is 0 Å². The Kier molecular flexibility index (Phi) is 5.83. The van der Waals surface area contributed by atoms with Crippen molar-refractivity contribution in [1.29, 1.82) is 10.5 Å². The molecule has 0 spiro atoms. The average molecular weight is 436 g/mol. The highest BCUT2D eigenvalue weighted by Gasteiger charge is 2.32. The van der Waals surface area contributed by atoms with Gasteiger partial charge in [-0.1, -0.05) is 12.1 Å². The number of rotatable bonds is 7. The highest BCUT2D eigenvalue weighted by atomic mass is 16.6. The molecule has 0 radical (unpaired) electrons. The SMILES string of the molecule is N#Cc1ccc(-c2nc(NCCC3(c4ccc([N+](=O)[O-])cn4)C=CC=N3)ncc2C#N)cc1. The van der Waals surface area contributed by atoms with Crippen molar-refractivity contribution in [3.63, 3.8) is 0 Å². The Morgan fingerprint density at radius 3 is 2.48 bits per heavy atom. The monoisotopic (exact) mass is 436 g/mol. The van der Waals surface area contributed by atoms with Crippen molar-refractivity contribution < 1.29 is 4.92 Å². The number of nitrogens with one attached hydrogen (secondary N) is 1. The molecule has 0 saturated heterocycles. The minimum atomic E-state index is -0.745. The summed E-state index contributed by atoms with van der Waals surface area (Å²) in [6, 6.07) is 14.0. The van der Waals surface area contributed by atoms with Crippen LogP contribution in [0.2, 0.25) is 0 Å². The van der Waals surface area contributed by atoms with Crippen molar-refractivity contribution in [2.24, 2.45) is 4.99 Å². The van der Waals surface area contributed by atoms with E-state index in [9.17, 15) is 15.4 Å². The molecule has 33 heavy (non-hydrogen) atoms. The topological polar surface area (TPSA) is 154 Å². The number of hydrogen-bond acceptors (Lipinski definition) is 9. The Morgan fingerprint density at radius 2 is 1.88 bits per heavy atom. The van der Waals surface area contributed by atoms with Gasteiger partial charge in [-0.3, -0.25) is 20.1 Å². The van der Waals surface area contributed by atoms with Crippen LogP contribution in [0.3, 0.4) is 0 Å². The van der Waals surface area contributed by atoms with Gasteiger partial charge in [0.2, 0.25) is 5.95 Å². The second-order valence-electron chi connectivity index (χ2n) is 7.15. The van der Waals surface area contributed by atoms with Crippen LogP contribution in [-0.2, 0) is 5.54 Å². The molecule has 10 nitrogen and oxygen atoms in total. The molecule has 10 heteroatoms. The molecule has 160 valence electrons. The van der Waals surface area contributed by atoms with Gasteiger partial charge >= 0.3 is 0 Å². The normalized spacial score (nSPS) is 16.2. The van der Waals surface area contributed by atoms with Gasteiger partial charge in [0.05, 0.1) is 39.7 Å². The Labute approximate surface area is 188 Å². The van der Waals surface area contributed by atoms with E-state index in [4.69, 9.17) is 5.26 Å². The van der Waals surface area contributed by atoms with Crippen LogP contribution in [0.15, 0.2) is 65.9 Å². The Morgan fingerprint density at radius 1 is 1.06 bits per heavy atom. The maximum atomic E-state index is 10.9. The van der Waals surface area contributed by atoms with E-state index in [1.807, 2.05) is 12.2 Å². The minimum absolute atomic E-state index is 0.0840. The maximum Gasteiger partial charge on any atom is 0.287 e. The molecule has 3 heterocycles. The molecular weight excluding hydrogens is 420 g/mol. The number of allylic oxidation sites excluding steroid dienone is 1. The van der Waals surface area contributed by atoms with Gasteiger partial charge in [-0.25, -0.2) is 9.97 Å². The molecular formula is C23H16N8O2. The smallest absolute Gasteiger partial charge is 0.287 e. The highest BCUT2D eigenvalue weighted by Crippen LogP contribution is 2.33. The molecule has 0 bridgehead atoms. The molecule has 1 atom stereocenters. The molecule has 0 aliphatic carbocycles. The first kappa shape index (κ1) is 21.3. The number of anilines is 1. The molecule has 3 aromatic rings. The van der Waals surface area contributed by atoms with E-state index in [-0.39, 0.29) is 5.69 Å². The number of aliphatic imine (C=N–C) groups is 1. The number of nitro groups is 1. The summed E-state index contributed by atoms with van der Waals surface area (Å²) in [5, 5.41) is 32.5. The average Bonchev–Trinajstić information content (AvgIpc) is 3.34.